The summed E-state index contributed by atoms with van der Waals surface area (Å²) in [6.45, 7) is 6.39. The molecule has 0 amide bonds. The fourth-order valence-corrected chi connectivity index (χ4v) is 4.54. The predicted octanol–water partition coefficient (Wildman–Crippen LogP) is 4.43. The van der Waals surface area contributed by atoms with Gasteiger partial charge in [0.2, 0.25) is 0 Å². The molecule has 1 rings (SSSR count). The van der Waals surface area contributed by atoms with E-state index < -0.39 is 20.2 Å². The van der Waals surface area contributed by atoms with Gasteiger partial charge in [0.1, 0.15) is 0 Å². The minimum Gasteiger partial charge on any atom is -0.270 e. The highest BCUT2D eigenvalue weighted by atomic mass is 32.2. The van der Waals surface area contributed by atoms with Crippen molar-refractivity contribution in [3.05, 3.63) is 29.8 Å². The maximum Gasteiger partial charge on any atom is 0.296 e. The molecule has 1 aromatic rings. The normalized spacial score (nSPS) is 12.6. The highest BCUT2D eigenvalue weighted by Gasteiger charge is 2.14. The first-order valence-electron chi connectivity index (χ1n) is 9.95. The van der Waals surface area contributed by atoms with Gasteiger partial charge in [0.05, 0.1) is 23.9 Å². The van der Waals surface area contributed by atoms with Gasteiger partial charge in [-0.1, -0.05) is 50.8 Å². The Balaban J connectivity index is 2.08. The van der Waals surface area contributed by atoms with E-state index in [1.54, 1.807) is 24.3 Å². The Labute approximate surface area is 170 Å². The summed E-state index contributed by atoms with van der Waals surface area (Å²) in [7, 11) is -7.11. The first-order valence-corrected chi connectivity index (χ1v) is 12.9. The molecule has 6 nitrogen and oxygen atoms in total. The van der Waals surface area contributed by atoms with Crippen LogP contribution in [0.15, 0.2) is 29.2 Å². The molecule has 0 aliphatic heterocycles. The van der Waals surface area contributed by atoms with Gasteiger partial charge in [-0.3, -0.25) is 8.37 Å². The fraction of sp³-hybridized carbons (Fsp3) is 0.700. The Bertz CT molecular complexity index is 752. The standard InChI is InChI=1S/C20H34O6S2/c1-18(2)10-9-17-27(21,22)25-15-7-5-4-6-8-16-26-28(23,24)20-13-11-19(3)12-14-20/h11-14,18H,4-10,15-17H2,1-3H3. The van der Waals surface area contributed by atoms with Gasteiger partial charge >= 0.3 is 0 Å². The van der Waals surface area contributed by atoms with E-state index in [-0.39, 0.29) is 23.9 Å². The molecule has 0 saturated heterocycles. The van der Waals surface area contributed by atoms with Crippen LogP contribution in [0.3, 0.4) is 0 Å². The molecule has 28 heavy (non-hydrogen) atoms. The second-order valence-electron chi connectivity index (χ2n) is 7.48. The molecule has 0 fully saturated rings. The summed E-state index contributed by atoms with van der Waals surface area (Å²) >= 11 is 0. The van der Waals surface area contributed by atoms with Crippen molar-refractivity contribution in [3.8, 4) is 0 Å². The summed E-state index contributed by atoms with van der Waals surface area (Å²) in [6, 6.07) is 6.56. The van der Waals surface area contributed by atoms with Crippen molar-refractivity contribution < 1.29 is 25.2 Å². The smallest absolute Gasteiger partial charge is 0.270 e. The van der Waals surface area contributed by atoms with E-state index in [2.05, 4.69) is 13.8 Å². The number of hydrogen-bond acceptors (Lipinski definition) is 6. The van der Waals surface area contributed by atoms with Crippen LogP contribution < -0.4 is 0 Å². The average Bonchev–Trinajstić information content (AvgIpc) is 2.60. The lowest BCUT2D eigenvalue weighted by Gasteiger charge is -2.07. The topological polar surface area (TPSA) is 86.7 Å². The lowest BCUT2D eigenvalue weighted by molar-refractivity contribution is 0.296. The molecule has 1 aromatic carbocycles. The van der Waals surface area contributed by atoms with Gasteiger partial charge in [-0.05, 0) is 50.7 Å². The SMILES string of the molecule is Cc1ccc(S(=O)(=O)OCCCCCCCOS(=O)(=O)CCCC(C)C)cc1. The van der Waals surface area contributed by atoms with E-state index >= 15 is 0 Å². The first-order chi connectivity index (χ1) is 13.1. The Morgan fingerprint density at radius 2 is 1.32 bits per heavy atom. The summed E-state index contributed by atoms with van der Waals surface area (Å²) in [5.74, 6) is 0.573. The summed E-state index contributed by atoms with van der Waals surface area (Å²) in [5, 5.41) is 0. The number of hydrogen-bond donors (Lipinski definition) is 0. The van der Waals surface area contributed by atoms with Gasteiger partial charge in [0.15, 0.2) is 0 Å². The van der Waals surface area contributed by atoms with Gasteiger partial charge in [-0.2, -0.15) is 16.8 Å². The molecule has 0 aliphatic carbocycles. The molecule has 8 heteroatoms. The zero-order valence-corrected chi connectivity index (χ0v) is 18.9. The van der Waals surface area contributed by atoms with Gasteiger partial charge < -0.3 is 0 Å². The van der Waals surface area contributed by atoms with E-state index in [1.807, 2.05) is 6.92 Å². The van der Waals surface area contributed by atoms with Crippen molar-refractivity contribution >= 4 is 20.2 Å². The minimum atomic E-state index is -3.69. The molecule has 0 radical (unpaired) electrons. The Morgan fingerprint density at radius 3 is 1.89 bits per heavy atom. The summed E-state index contributed by atoms with van der Waals surface area (Å²) in [6.07, 6.45) is 5.36. The molecule has 0 atom stereocenters. The monoisotopic (exact) mass is 434 g/mol. The van der Waals surface area contributed by atoms with Crippen LogP contribution in [0, 0.1) is 12.8 Å². The maximum absolute atomic E-state index is 12.0. The van der Waals surface area contributed by atoms with E-state index in [4.69, 9.17) is 8.37 Å². The van der Waals surface area contributed by atoms with Crippen LogP contribution in [0.2, 0.25) is 0 Å². The van der Waals surface area contributed by atoms with Crippen LogP contribution in [0.1, 0.15) is 64.4 Å². The van der Waals surface area contributed by atoms with Crippen LogP contribution >= 0.6 is 0 Å². The number of aryl methyl sites for hydroxylation is 1. The average molecular weight is 435 g/mol. The van der Waals surface area contributed by atoms with Crippen molar-refractivity contribution in [1.29, 1.82) is 0 Å². The van der Waals surface area contributed by atoms with E-state index in [1.165, 1.54) is 0 Å². The van der Waals surface area contributed by atoms with Crippen molar-refractivity contribution in [2.45, 2.75) is 70.6 Å². The number of unbranched alkanes of at least 4 members (excludes halogenated alkanes) is 4. The minimum absolute atomic E-state index is 0.0813. The van der Waals surface area contributed by atoms with Crippen LogP contribution in [-0.4, -0.2) is 35.8 Å². The maximum atomic E-state index is 12.0. The largest absolute Gasteiger partial charge is 0.296 e. The quantitative estimate of drug-likeness (QED) is 0.300. The van der Waals surface area contributed by atoms with Gasteiger partial charge in [-0.15, -0.1) is 0 Å². The molecule has 0 spiro atoms. The van der Waals surface area contributed by atoms with E-state index in [0.717, 1.165) is 31.2 Å². The second kappa shape index (κ2) is 12.6. The summed E-state index contributed by atoms with van der Waals surface area (Å²) < 4.78 is 57.6. The van der Waals surface area contributed by atoms with Crippen molar-refractivity contribution in [1.82, 2.24) is 0 Å². The Morgan fingerprint density at radius 1 is 0.786 bits per heavy atom. The van der Waals surface area contributed by atoms with Crippen LogP contribution in [0.5, 0.6) is 0 Å². The molecule has 0 N–H and O–H groups in total. The second-order valence-corrected chi connectivity index (χ2v) is 10.9. The zero-order chi connectivity index (χ0) is 21.0. The van der Waals surface area contributed by atoms with Crippen LogP contribution in [0.4, 0.5) is 0 Å². The molecule has 0 aliphatic rings. The van der Waals surface area contributed by atoms with Crippen molar-refractivity contribution in [2.75, 3.05) is 19.0 Å². The Hall–Kier alpha value is -0.960. The highest BCUT2D eigenvalue weighted by Crippen LogP contribution is 2.14. The van der Waals surface area contributed by atoms with Crippen LogP contribution in [-0.2, 0) is 28.6 Å². The van der Waals surface area contributed by atoms with Crippen LogP contribution in [0.25, 0.3) is 0 Å². The fourth-order valence-electron chi connectivity index (χ4n) is 2.59. The third-order valence-corrected chi connectivity index (χ3v) is 6.92. The lowest BCUT2D eigenvalue weighted by atomic mass is 10.1. The molecule has 0 heterocycles. The predicted molar refractivity (Wildman–Crippen MR) is 111 cm³/mol. The molecule has 0 unspecified atom stereocenters. The van der Waals surface area contributed by atoms with E-state index in [9.17, 15) is 16.8 Å². The zero-order valence-electron chi connectivity index (χ0n) is 17.2. The molecule has 0 aromatic heterocycles. The number of benzene rings is 1. The molecule has 0 saturated carbocycles. The van der Waals surface area contributed by atoms with Crippen molar-refractivity contribution in [2.24, 2.45) is 5.92 Å². The molecule has 162 valence electrons. The molecule has 0 bridgehead atoms. The highest BCUT2D eigenvalue weighted by molar-refractivity contribution is 7.87. The third-order valence-electron chi connectivity index (χ3n) is 4.28. The van der Waals surface area contributed by atoms with E-state index in [0.29, 0.717) is 25.2 Å². The lowest BCUT2D eigenvalue weighted by Crippen LogP contribution is -2.12. The summed E-state index contributed by atoms with van der Waals surface area (Å²) in [4.78, 5) is 0.171. The summed E-state index contributed by atoms with van der Waals surface area (Å²) in [5.41, 5.74) is 0.992. The Kier molecular flexibility index (Phi) is 11.3. The van der Waals surface area contributed by atoms with Crippen molar-refractivity contribution in [3.63, 3.8) is 0 Å². The first kappa shape index (κ1) is 25.1. The number of rotatable bonds is 15. The van der Waals surface area contributed by atoms with Gasteiger partial charge in [-0.25, -0.2) is 0 Å². The molecular weight excluding hydrogens is 400 g/mol. The van der Waals surface area contributed by atoms with Gasteiger partial charge in [0.25, 0.3) is 20.2 Å². The third kappa shape index (κ3) is 11.1. The molecular formula is C20H34O6S2. The van der Waals surface area contributed by atoms with Gasteiger partial charge in [0, 0.05) is 0 Å².